The lowest BCUT2D eigenvalue weighted by Gasteiger charge is -2.15. The molecular weight excluding hydrogens is 454 g/mol. The van der Waals surface area contributed by atoms with Gasteiger partial charge >= 0.3 is 5.76 Å². The fourth-order valence-electron chi connectivity index (χ4n) is 3.28. The van der Waals surface area contributed by atoms with Crippen molar-refractivity contribution in [1.82, 2.24) is 24.5 Å². The number of benzene rings is 1. The summed E-state index contributed by atoms with van der Waals surface area (Å²) in [4.78, 5) is 28.9. The molecule has 3 aromatic heterocycles. The van der Waals surface area contributed by atoms with Crippen LogP contribution in [0.1, 0.15) is 43.3 Å². The average Bonchev–Trinajstić information content (AvgIpc) is 3.16. The highest BCUT2D eigenvalue weighted by atomic mass is 35.5. The first-order valence-corrected chi connectivity index (χ1v) is 10.4. The summed E-state index contributed by atoms with van der Waals surface area (Å²) in [5, 5.41) is 3.59. The number of nitrogens with zero attached hydrogens (tertiary/aromatic N) is 5. The first-order valence-electron chi connectivity index (χ1n) is 9.98. The standard InChI is InChI=1S/C22H19ClF2N6O2/c1-11(24)18-10-33-22(32)31(18)20-17(25)9-27-21(30-20)29-13(3)19-26-8-16(12(2)28-19)14-5-4-6-15(23)7-14/h4-11,13H,1-3H3,(H,27,29,30)/t11-,13-/m0/s1. The van der Waals surface area contributed by atoms with Crippen LogP contribution in [-0.4, -0.2) is 24.5 Å². The molecule has 33 heavy (non-hydrogen) atoms. The van der Waals surface area contributed by atoms with Crippen LogP contribution in [0.15, 0.2) is 52.1 Å². The van der Waals surface area contributed by atoms with E-state index in [1.54, 1.807) is 19.2 Å². The molecule has 0 fully saturated rings. The van der Waals surface area contributed by atoms with Crippen molar-refractivity contribution in [1.29, 1.82) is 0 Å². The van der Waals surface area contributed by atoms with E-state index >= 15 is 0 Å². The summed E-state index contributed by atoms with van der Waals surface area (Å²) in [5.41, 5.74) is 2.30. The maximum atomic E-state index is 14.4. The van der Waals surface area contributed by atoms with Crippen LogP contribution in [0.25, 0.3) is 16.9 Å². The number of halogens is 3. The highest BCUT2D eigenvalue weighted by molar-refractivity contribution is 6.30. The van der Waals surface area contributed by atoms with Gasteiger partial charge in [0.2, 0.25) is 5.95 Å². The zero-order valence-electron chi connectivity index (χ0n) is 17.9. The van der Waals surface area contributed by atoms with Crippen LogP contribution in [0.3, 0.4) is 0 Å². The molecule has 0 unspecified atom stereocenters. The summed E-state index contributed by atoms with van der Waals surface area (Å²) >= 11 is 6.08. The number of hydrogen-bond donors (Lipinski definition) is 1. The molecule has 1 aromatic carbocycles. The molecule has 0 saturated heterocycles. The van der Waals surface area contributed by atoms with Crippen LogP contribution >= 0.6 is 11.6 Å². The van der Waals surface area contributed by atoms with Gasteiger partial charge in [-0.05, 0) is 38.5 Å². The second-order valence-electron chi connectivity index (χ2n) is 7.35. The van der Waals surface area contributed by atoms with E-state index in [0.29, 0.717) is 10.8 Å². The molecule has 0 aliphatic heterocycles. The molecule has 0 aliphatic rings. The van der Waals surface area contributed by atoms with Crippen molar-refractivity contribution in [2.24, 2.45) is 0 Å². The van der Waals surface area contributed by atoms with Gasteiger partial charge in [0.15, 0.2) is 17.5 Å². The van der Waals surface area contributed by atoms with E-state index in [1.807, 2.05) is 25.1 Å². The van der Waals surface area contributed by atoms with Gasteiger partial charge in [-0.25, -0.2) is 33.1 Å². The van der Waals surface area contributed by atoms with Crippen molar-refractivity contribution in [3.05, 3.63) is 81.5 Å². The molecule has 4 aromatic rings. The molecule has 2 atom stereocenters. The molecule has 11 heteroatoms. The van der Waals surface area contributed by atoms with E-state index in [2.05, 4.69) is 25.3 Å². The molecule has 3 heterocycles. The third-order valence-electron chi connectivity index (χ3n) is 4.93. The van der Waals surface area contributed by atoms with E-state index in [9.17, 15) is 13.6 Å². The van der Waals surface area contributed by atoms with Crippen LogP contribution in [0, 0.1) is 12.7 Å². The van der Waals surface area contributed by atoms with Crippen LogP contribution in [0.5, 0.6) is 0 Å². The Morgan fingerprint density at radius 2 is 1.97 bits per heavy atom. The summed E-state index contributed by atoms with van der Waals surface area (Å²) in [5.74, 6) is -1.83. The molecular formula is C22H19ClF2N6O2. The predicted molar refractivity (Wildman–Crippen MR) is 119 cm³/mol. The van der Waals surface area contributed by atoms with E-state index in [-0.39, 0.29) is 11.6 Å². The van der Waals surface area contributed by atoms with Gasteiger partial charge in [0.05, 0.1) is 12.2 Å². The largest absolute Gasteiger partial charge is 0.425 e. The number of hydrogen-bond acceptors (Lipinski definition) is 7. The monoisotopic (exact) mass is 472 g/mol. The Bertz CT molecular complexity index is 1370. The maximum Gasteiger partial charge on any atom is 0.425 e. The quantitative estimate of drug-likeness (QED) is 0.422. The molecule has 0 aliphatic carbocycles. The van der Waals surface area contributed by atoms with Gasteiger partial charge in [-0.3, -0.25) is 0 Å². The second-order valence-corrected chi connectivity index (χ2v) is 7.78. The molecule has 170 valence electrons. The number of rotatable bonds is 6. The van der Waals surface area contributed by atoms with Crippen molar-refractivity contribution in [2.45, 2.75) is 33.0 Å². The Morgan fingerprint density at radius 3 is 2.67 bits per heavy atom. The third kappa shape index (κ3) is 4.61. The van der Waals surface area contributed by atoms with Gasteiger partial charge in [0, 0.05) is 22.5 Å². The maximum absolute atomic E-state index is 14.4. The highest BCUT2D eigenvalue weighted by Crippen LogP contribution is 2.26. The fourth-order valence-corrected chi connectivity index (χ4v) is 3.47. The van der Waals surface area contributed by atoms with Gasteiger partial charge in [-0.1, -0.05) is 23.7 Å². The number of nitrogens with one attached hydrogen (secondary N) is 1. The van der Waals surface area contributed by atoms with Crippen LogP contribution < -0.4 is 11.1 Å². The van der Waals surface area contributed by atoms with Crippen molar-refractivity contribution in [3.8, 4) is 16.9 Å². The van der Waals surface area contributed by atoms with Gasteiger partial charge < -0.3 is 9.73 Å². The molecule has 8 nitrogen and oxygen atoms in total. The SMILES string of the molecule is Cc1nc([C@H](C)Nc2ncc(F)c(-n3c([C@H](C)F)coc3=O)n2)ncc1-c1cccc(Cl)c1. The molecule has 0 amide bonds. The van der Waals surface area contributed by atoms with E-state index in [0.717, 1.165) is 33.8 Å². The lowest BCUT2D eigenvalue weighted by molar-refractivity contribution is 0.359. The number of anilines is 1. The number of oxazole rings is 1. The topological polar surface area (TPSA) is 98.7 Å². The van der Waals surface area contributed by atoms with Gasteiger partial charge in [-0.2, -0.15) is 4.98 Å². The van der Waals surface area contributed by atoms with Crippen LogP contribution in [0.2, 0.25) is 5.02 Å². The van der Waals surface area contributed by atoms with Gasteiger partial charge in [0.25, 0.3) is 0 Å². The van der Waals surface area contributed by atoms with Crippen LogP contribution in [0.4, 0.5) is 14.7 Å². The van der Waals surface area contributed by atoms with Crippen LogP contribution in [-0.2, 0) is 0 Å². The number of aryl methyl sites for hydroxylation is 1. The number of aromatic nitrogens is 5. The molecule has 4 rings (SSSR count). The van der Waals surface area contributed by atoms with Gasteiger partial charge in [0.1, 0.15) is 18.1 Å². The Morgan fingerprint density at radius 1 is 1.18 bits per heavy atom. The molecule has 0 bridgehead atoms. The summed E-state index contributed by atoms with van der Waals surface area (Å²) in [6.07, 6.45) is 1.94. The smallest absolute Gasteiger partial charge is 0.416 e. The number of alkyl halides is 1. The zero-order chi connectivity index (χ0) is 23.7. The Balaban J connectivity index is 1.62. The van der Waals surface area contributed by atoms with Crippen molar-refractivity contribution in [3.63, 3.8) is 0 Å². The molecule has 0 saturated carbocycles. The second kappa shape index (κ2) is 9.07. The highest BCUT2D eigenvalue weighted by Gasteiger charge is 2.21. The summed E-state index contributed by atoms with van der Waals surface area (Å²) in [6.45, 7) is 4.83. The normalized spacial score (nSPS) is 13.0. The summed E-state index contributed by atoms with van der Waals surface area (Å²) < 4.78 is 33.7. The molecule has 0 spiro atoms. The fraction of sp³-hybridized carbons (Fsp3) is 0.227. The molecule has 0 radical (unpaired) electrons. The Labute approximate surface area is 192 Å². The third-order valence-corrected chi connectivity index (χ3v) is 5.17. The van der Waals surface area contributed by atoms with Crippen molar-refractivity contribution in [2.75, 3.05) is 5.32 Å². The molecule has 1 N–H and O–H groups in total. The predicted octanol–water partition coefficient (Wildman–Crippen LogP) is 4.98. The van der Waals surface area contributed by atoms with E-state index < -0.39 is 29.6 Å². The Kier molecular flexibility index (Phi) is 6.19. The lowest BCUT2D eigenvalue weighted by atomic mass is 10.1. The zero-order valence-corrected chi connectivity index (χ0v) is 18.6. The van der Waals surface area contributed by atoms with E-state index in [4.69, 9.17) is 16.0 Å². The first-order chi connectivity index (χ1) is 15.7. The van der Waals surface area contributed by atoms with Crippen molar-refractivity contribution >= 4 is 17.5 Å². The minimum atomic E-state index is -1.57. The van der Waals surface area contributed by atoms with Crippen molar-refractivity contribution < 1.29 is 13.2 Å². The van der Waals surface area contributed by atoms with Gasteiger partial charge in [-0.15, -0.1) is 0 Å². The minimum Gasteiger partial charge on any atom is -0.416 e. The first kappa shape index (κ1) is 22.5. The lowest BCUT2D eigenvalue weighted by Crippen LogP contribution is -2.20. The summed E-state index contributed by atoms with van der Waals surface area (Å²) in [7, 11) is 0. The Hall–Kier alpha value is -3.66. The van der Waals surface area contributed by atoms with E-state index in [1.165, 1.54) is 6.92 Å². The summed E-state index contributed by atoms with van der Waals surface area (Å²) in [6, 6.07) is 6.91. The average molecular weight is 473 g/mol. The minimum absolute atomic E-state index is 0.00429.